The summed E-state index contributed by atoms with van der Waals surface area (Å²) in [4.78, 5) is 3.77. The van der Waals surface area contributed by atoms with E-state index in [0.29, 0.717) is 5.56 Å². The van der Waals surface area contributed by atoms with Gasteiger partial charge in [0.05, 0.1) is 12.4 Å². The lowest BCUT2D eigenvalue weighted by molar-refractivity contribution is 0.506. The first-order valence-electron chi connectivity index (χ1n) is 5.95. The van der Waals surface area contributed by atoms with Gasteiger partial charge in [0.2, 0.25) is 0 Å². The van der Waals surface area contributed by atoms with E-state index in [2.05, 4.69) is 15.4 Å². The molecule has 0 aromatic carbocycles. The van der Waals surface area contributed by atoms with E-state index in [1.165, 1.54) is 6.20 Å². The highest BCUT2D eigenvalue weighted by molar-refractivity contribution is 5.18. The lowest BCUT2D eigenvalue weighted by atomic mass is 10.0. The van der Waals surface area contributed by atoms with E-state index in [1.807, 2.05) is 26.5 Å². The quantitative estimate of drug-likeness (QED) is 0.878. The molecule has 0 bridgehead atoms. The predicted molar refractivity (Wildman–Crippen MR) is 67.5 cm³/mol. The Hall–Kier alpha value is -1.75. The second-order valence-electron chi connectivity index (χ2n) is 4.30. The molecule has 1 unspecified atom stereocenters. The predicted octanol–water partition coefficient (Wildman–Crippen LogP) is 1.85. The lowest BCUT2D eigenvalue weighted by Gasteiger charge is -2.16. The molecule has 0 aliphatic carbocycles. The Labute approximate surface area is 106 Å². The number of hydrogen-bond acceptors (Lipinski definition) is 3. The van der Waals surface area contributed by atoms with Gasteiger partial charge in [-0.25, -0.2) is 4.39 Å². The molecule has 0 aliphatic heterocycles. The number of halogens is 1. The van der Waals surface area contributed by atoms with Gasteiger partial charge >= 0.3 is 0 Å². The molecule has 1 N–H and O–H groups in total. The van der Waals surface area contributed by atoms with Crippen LogP contribution in [0.1, 0.15) is 23.6 Å². The number of nitrogens with one attached hydrogen (secondary N) is 1. The first-order valence-corrected chi connectivity index (χ1v) is 5.95. The Kier molecular flexibility index (Phi) is 4.04. The Bertz CT molecular complexity index is 509. The minimum absolute atomic E-state index is 0.00629. The average molecular weight is 248 g/mol. The molecule has 1 atom stereocenters. The summed E-state index contributed by atoms with van der Waals surface area (Å²) in [5.74, 6) is -0.261. The third-order valence-electron chi connectivity index (χ3n) is 3.01. The van der Waals surface area contributed by atoms with Gasteiger partial charge in [0.1, 0.15) is 5.82 Å². The van der Waals surface area contributed by atoms with Crippen molar-refractivity contribution in [3.8, 4) is 0 Å². The van der Waals surface area contributed by atoms with Crippen LogP contribution >= 0.6 is 0 Å². The summed E-state index contributed by atoms with van der Waals surface area (Å²) in [7, 11) is 3.73. The molecule has 5 heteroatoms. The van der Waals surface area contributed by atoms with E-state index in [9.17, 15) is 4.39 Å². The van der Waals surface area contributed by atoms with Gasteiger partial charge in [0, 0.05) is 31.0 Å². The molecule has 2 aromatic rings. The first-order chi connectivity index (χ1) is 8.70. The van der Waals surface area contributed by atoms with Crippen LogP contribution in [0, 0.1) is 5.82 Å². The fraction of sp³-hybridized carbons (Fsp3) is 0.385. The van der Waals surface area contributed by atoms with Gasteiger partial charge in [-0.2, -0.15) is 5.10 Å². The number of aromatic nitrogens is 3. The summed E-state index contributed by atoms with van der Waals surface area (Å²) in [6.45, 7) is 0. The zero-order valence-corrected chi connectivity index (χ0v) is 10.6. The normalized spacial score (nSPS) is 12.6. The van der Waals surface area contributed by atoms with Crippen molar-refractivity contribution in [2.75, 3.05) is 7.05 Å². The second kappa shape index (κ2) is 5.73. The molecule has 0 saturated heterocycles. The van der Waals surface area contributed by atoms with Gasteiger partial charge in [-0.05, 0) is 31.5 Å². The molecule has 0 fully saturated rings. The molecule has 2 heterocycles. The lowest BCUT2D eigenvalue weighted by Crippen LogP contribution is -2.18. The average Bonchev–Trinajstić information content (AvgIpc) is 2.78. The number of aryl methyl sites for hydroxylation is 2. The molecule has 0 saturated carbocycles. The van der Waals surface area contributed by atoms with Crippen molar-refractivity contribution in [2.24, 2.45) is 7.05 Å². The number of nitrogens with zero attached hydrogens (tertiary/aromatic N) is 3. The zero-order valence-electron chi connectivity index (χ0n) is 10.6. The van der Waals surface area contributed by atoms with E-state index in [4.69, 9.17) is 0 Å². The number of hydrogen-bond donors (Lipinski definition) is 1. The fourth-order valence-corrected chi connectivity index (χ4v) is 2.04. The molecule has 0 amide bonds. The molecular weight excluding hydrogens is 231 g/mol. The highest BCUT2D eigenvalue weighted by Crippen LogP contribution is 2.20. The maximum absolute atomic E-state index is 13.6. The van der Waals surface area contributed by atoms with Gasteiger partial charge in [0.25, 0.3) is 0 Å². The maximum atomic E-state index is 13.6. The van der Waals surface area contributed by atoms with Gasteiger partial charge < -0.3 is 5.32 Å². The molecule has 0 spiro atoms. The van der Waals surface area contributed by atoms with Crippen LogP contribution in [-0.4, -0.2) is 21.8 Å². The van der Waals surface area contributed by atoms with Crippen LogP contribution in [0.5, 0.6) is 0 Å². The summed E-state index contributed by atoms with van der Waals surface area (Å²) in [6, 6.07) is 1.72. The van der Waals surface area contributed by atoms with E-state index in [-0.39, 0.29) is 11.9 Å². The van der Waals surface area contributed by atoms with Crippen LogP contribution in [0.4, 0.5) is 4.39 Å². The highest BCUT2D eigenvalue weighted by Gasteiger charge is 2.13. The molecule has 0 aliphatic rings. The minimum Gasteiger partial charge on any atom is -0.313 e. The fourth-order valence-electron chi connectivity index (χ4n) is 2.04. The molecule has 18 heavy (non-hydrogen) atoms. The Morgan fingerprint density at radius 1 is 1.44 bits per heavy atom. The summed E-state index contributed by atoms with van der Waals surface area (Å²) in [5.41, 5.74) is 1.82. The topological polar surface area (TPSA) is 42.7 Å². The van der Waals surface area contributed by atoms with Crippen LogP contribution < -0.4 is 5.32 Å². The van der Waals surface area contributed by atoms with E-state index in [1.54, 1.807) is 16.9 Å². The van der Waals surface area contributed by atoms with Gasteiger partial charge in [-0.1, -0.05) is 0 Å². The zero-order chi connectivity index (χ0) is 13.0. The van der Waals surface area contributed by atoms with Crippen molar-refractivity contribution < 1.29 is 4.39 Å². The van der Waals surface area contributed by atoms with Crippen molar-refractivity contribution in [3.05, 3.63) is 47.8 Å². The molecule has 96 valence electrons. The summed E-state index contributed by atoms with van der Waals surface area (Å²) < 4.78 is 15.4. The highest BCUT2D eigenvalue weighted by atomic mass is 19.1. The third kappa shape index (κ3) is 2.92. The monoisotopic (exact) mass is 248 g/mol. The molecule has 0 radical (unpaired) electrons. The SMILES string of the molecule is CNC(CCc1cnn(C)c1)c1ccncc1F. The van der Waals surface area contributed by atoms with Crippen LogP contribution in [0.25, 0.3) is 0 Å². The van der Waals surface area contributed by atoms with Crippen LogP contribution in [0.3, 0.4) is 0 Å². The standard InChI is InChI=1S/C13H17FN4/c1-15-13(11-5-6-16-8-12(11)14)4-3-10-7-17-18(2)9-10/h5-9,13,15H,3-4H2,1-2H3. The van der Waals surface area contributed by atoms with E-state index >= 15 is 0 Å². The van der Waals surface area contributed by atoms with Crippen LogP contribution in [0.15, 0.2) is 30.9 Å². The van der Waals surface area contributed by atoms with Crippen LogP contribution in [0.2, 0.25) is 0 Å². The Morgan fingerprint density at radius 3 is 2.89 bits per heavy atom. The van der Waals surface area contributed by atoms with Gasteiger partial charge in [-0.3, -0.25) is 9.67 Å². The van der Waals surface area contributed by atoms with Crippen molar-refractivity contribution in [2.45, 2.75) is 18.9 Å². The third-order valence-corrected chi connectivity index (χ3v) is 3.01. The second-order valence-corrected chi connectivity index (χ2v) is 4.30. The van der Waals surface area contributed by atoms with Crippen molar-refractivity contribution in [1.82, 2.24) is 20.1 Å². The van der Waals surface area contributed by atoms with Gasteiger partial charge in [-0.15, -0.1) is 0 Å². The van der Waals surface area contributed by atoms with Gasteiger partial charge in [0.15, 0.2) is 0 Å². The van der Waals surface area contributed by atoms with E-state index < -0.39 is 0 Å². The summed E-state index contributed by atoms with van der Waals surface area (Å²) in [6.07, 6.45) is 8.38. The Balaban J connectivity index is 2.04. The molecule has 2 aromatic heterocycles. The minimum atomic E-state index is -0.261. The summed E-state index contributed by atoms with van der Waals surface area (Å²) in [5, 5.41) is 7.26. The van der Waals surface area contributed by atoms with Crippen LogP contribution in [-0.2, 0) is 13.5 Å². The van der Waals surface area contributed by atoms with Crippen molar-refractivity contribution >= 4 is 0 Å². The molecule has 2 rings (SSSR count). The summed E-state index contributed by atoms with van der Waals surface area (Å²) >= 11 is 0. The molecular formula is C13H17FN4. The maximum Gasteiger partial charge on any atom is 0.146 e. The van der Waals surface area contributed by atoms with E-state index in [0.717, 1.165) is 18.4 Å². The number of rotatable bonds is 5. The van der Waals surface area contributed by atoms with Crippen molar-refractivity contribution in [3.63, 3.8) is 0 Å². The number of pyridine rings is 1. The Morgan fingerprint density at radius 2 is 2.28 bits per heavy atom. The first kappa shape index (κ1) is 12.7. The molecule has 4 nitrogen and oxygen atoms in total. The smallest absolute Gasteiger partial charge is 0.146 e. The van der Waals surface area contributed by atoms with Crippen molar-refractivity contribution in [1.29, 1.82) is 0 Å². The largest absolute Gasteiger partial charge is 0.313 e.